The summed E-state index contributed by atoms with van der Waals surface area (Å²) in [5.74, 6) is -1.68. The fraction of sp³-hybridized carbons (Fsp3) is 0.200. The predicted molar refractivity (Wildman–Crippen MR) is 74.4 cm³/mol. The quantitative estimate of drug-likeness (QED) is 0.823. The molecule has 21 heavy (non-hydrogen) atoms. The maximum atomic E-state index is 12.9. The molecule has 0 aliphatic carbocycles. The van der Waals surface area contributed by atoms with Gasteiger partial charge in [0.05, 0.1) is 12.5 Å². The number of hydrogen-bond donors (Lipinski definition) is 2. The molecular formula is C15H15FN2O3. The highest BCUT2D eigenvalue weighted by Crippen LogP contribution is 2.19. The fourth-order valence-corrected chi connectivity index (χ4v) is 2.13. The van der Waals surface area contributed by atoms with Crippen molar-refractivity contribution < 1.29 is 19.1 Å². The third-order valence-electron chi connectivity index (χ3n) is 3.19. The average Bonchev–Trinajstić information content (AvgIpc) is 2.80. The standard InChI is InChI=1S/C15H15FN2O3/c1-18-8-10(6-13(18)12(17)7-14(19)20)15(21)9-2-4-11(16)5-3-9/h2-6,8,12H,7,17H2,1H3,(H,19,20). The maximum Gasteiger partial charge on any atom is 0.305 e. The van der Waals surface area contributed by atoms with Crippen molar-refractivity contribution in [3.05, 3.63) is 59.2 Å². The van der Waals surface area contributed by atoms with Crippen LogP contribution in [-0.2, 0) is 11.8 Å². The summed E-state index contributed by atoms with van der Waals surface area (Å²) >= 11 is 0. The molecule has 0 spiro atoms. The lowest BCUT2D eigenvalue weighted by Gasteiger charge is -2.09. The van der Waals surface area contributed by atoms with Crippen LogP contribution in [0.4, 0.5) is 4.39 Å². The molecular weight excluding hydrogens is 275 g/mol. The van der Waals surface area contributed by atoms with Crippen LogP contribution in [0.15, 0.2) is 36.5 Å². The molecule has 0 saturated carbocycles. The van der Waals surface area contributed by atoms with Gasteiger partial charge in [-0.1, -0.05) is 0 Å². The van der Waals surface area contributed by atoms with Gasteiger partial charge in [-0.05, 0) is 30.3 Å². The van der Waals surface area contributed by atoms with Gasteiger partial charge in [0, 0.05) is 30.1 Å². The number of halogens is 1. The first kappa shape index (κ1) is 14.9. The predicted octanol–water partition coefficient (Wildman–Crippen LogP) is 1.87. The minimum Gasteiger partial charge on any atom is -0.481 e. The van der Waals surface area contributed by atoms with Gasteiger partial charge in [-0.2, -0.15) is 0 Å². The van der Waals surface area contributed by atoms with Crippen molar-refractivity contribution in [2.24, 2.45) is 12.8 Å². The van der Waals surface area contributed by atoms with Crippen LogP contribution in [-0.4, -0.2) is 21.4 Å². The van der Waals surface area contributed by atoms with Crippen LogP contribution in [0.25, 0.3) is 0 Å². The molecule has 1 heterocycles. The van der Waals surface area contributed by atoms with E-state index < -0.39 is 17.8 Å². The Morgan fingerprint density at radius 2 is 1.90 bits per heavy atom. The van der Waals surface area contributed by atoms with E-state index in [9.17, 15) is 14.0 Å². The van der Waals surface area contributed by atoms with Crippen molar-refractivity contribution in [3.63, 3.8) is 0 Å². The monoisotopic (exact) mass is 290 g/mol. The van der Waals surface area contributed by atoms with Crippen LogP contribution >= 0.6 is 0 Å². The van der Waals surface area contributed by atoms with Gasteiger partial charge in [0.2, 0.25) is 0 Å². The summed E-state index contributed by atoms with van der Waals surface area (Å²) in [6.07, 6.45) is 1.37. The van der Waals surface area contributed by atoms with Crippen molar-refractivity contribution in [1.82, 2.24) is 4.57 Å². The van der Waals surface area contributed by atoms with E-state index in [4.69, 9.17) is 10.8 Å². The summed E-state index contributed by atoms with van der Waals surface area (Å²) in [4.78, 5) is 23.0. The molecule has 6 heteroatoms. The second kappa shape index (κ2) is 5.88. The van der Waals surface area contributed by atoms with Crippen LogP contribution in [0.2, 0.25) is 0 Å². The van der Waals surface area contributed by atoms with Gasteiger partial charge in [-0.15, -0.1) is 0 Å². The van der Waals surface area contributed by atoms with Crippen molar-refractivity contribution >= 4 is 11.8 Å². The SMILES string of the molecule is Cn1cc(C(=O)c2ccc(F)cc2)cc1C(N)CC(=O)O. The highest BCUT2D eigenvalue weighted by Gasteiger charge is 2.18. The number of aliphatic carboxylic acids is 1. The number of carboxylic acid groups (broad SMARTS) is 1. The van der Waals surface area contributed by atoms with Crippen LogP contribution in [0.1, 0.15) is 34.1 Å². The molecule has 0 amide bonds. The second-order valence-corrected chi connectivity index (χ2v) is 4.80. The summed E-state index contributed by atoms with van der Waals surface area (Å²) in [6, 6.07) is 6.12. The van der Waals surface area contributed by atoms with Gasteiger partial charge >= 0.3 is 5.97 Å². The molecule has 2 aromatic rings. The Morgan fingerprint density at radius 3 is 2.48 bits per heavy atom. The minimum atomic E-state index is -1.00. The Balaban J connectivity index is 2.27. The molecule has 1 aromatic carbocycles. The lowest BCUT2D eigenvalue weighted by Crippen LogP contribution is -2.17. The fourth-order valence-electron chi connectivity index (χ4n) is 2.13. The summed E-state index contributed by atoms with van der Waals surface area (Å²) in [7, 11) is 1.69. The van der Waals surface area contributed by atoms with E-state index in [2.05, 4.69) is 0 Å². The number of rotatable bonds is 5. The highest BCUT2D eigenvalue weighted by atomic mass is 19.1. The number of nitrogens with zero attached hydrogens (tertiary/aromatic N) is 1. The van der Waals surface area contributed by atoms with Crippen LogP contribution < -0.4 is 5.73 Å². The molecule has 1 atom stereocenters. The summed E-state index contributed by atoms with van der Waals surface area (Å²) in [5, 5.41) is 8.76. The van der Waals surface area contributed by atoms with Gasteiger partial charge < -0.3 is 15.4 Å². The minimum absolute atomic E-state index is 0.220. The summed E-state index contributed by atoms with van der Waals surface area (Å²) < 4.78 is 14.5. The van der Waals surface area contributed by atoms with Gasteiger partial charge in [0.25, 0.3) is 0 Å². The van der Waals surface area contributed by atoms with E-state index in [0.29, 0.717) is 16.8 Å². The van der Waals surface area contributed by atoms with Crippen LogP contribution in [0.5, 0.6) is 0 Å². The van der Waals surface area contributed by atoms with E-state index in [1.165, 1.54) is 24.3 Å². The Labute approximate surface area is 120 Å². The maximum absolute atomic E-state index is 12.9. The number of aromatic nitrogens is 1. The molecule has 0 aliphatic heterocycles. The first-order chi connectivity index (χ1) is 9.88. The van der Waals surface area contributed by atoms with Crippen molar-refractivity contribution in [1.29, 1.82) is 0 Å². The third kappa shape index (κ3) is 3.35. The molecule has 0 aliphatic rings. The number of nitrogens with two attached hydrogens (primary N) is 1. The van der Waals surface area contributed by atoms with E-state index >= 15 is 0 Å². The number of hydrogen-bond acceptors (Lipinski definition) is 3. The van der Waals surface area contributed by atoms with Crippen LogP contribution in [0, 0.1) is 5.82 Å². The number of carbonyl (C=O) groups excluding carboxylic acids is 1. The third-order valence-corrected chi connectivity index (χ3v) is 3.19. The van der Waals surface area contributed by atoms with E-state index in [0.717, 1.165) is 0 Å². The molecule has 0 radical (unpaired) electrons. The lowest BCUT2D eigenvalue weighted by molar-refractivity contribution is -0.137. The molecule has 5 nitrogen and oxygen atoms in total. The van der Waals surface area contributed by atoms with Crippen molar-refractivity contribution in [2.75, 3.05) is 0 Å². The zero-order valence-electron chi connectivity index (χ0n) is 11.4. The molecule has 3 N–H and O–H groups in total. The molecule has 0 fully saturated rings. The zero-order chi connectivity index (χ0) is 15.6. The van der Waals surface area contributed by atoms with Crippen LogP contribution in [0.3, 0.4) is 0 Å². The molecule has 0 saturated heterocycles. The summed E-state index contributed by atoms with van der Waals surface area (Å²) in [5.41, 5.74) is 7.11. The average molecular weight is 290 g/mol. The normalized spacial score (nSPS) is 12.1. The second-order valence-electron chi connectivity index (χ2n) is 4.80. The Kier molecular flexibility index (Phi) is 4.18. The molecule has 1 unspecified atom stereocenters. The molecule has 1 aromatic heterocycles. The number of carbonyl (C=O) groups is 2. The number of benzene rings is 1. The van der Waals surface area contributed by atoms with E-state index in [1.807, 2.05) is 0 Å². The lowest BCUT2D eigenvalue weighted by atomic mass is 10.0. The molecule has 2 rings (SSSR count). The van der Waals surface area contributed by atoms with Gasteiger partial charge in [-0.3, -0.25) is 9.59 Å². The first-order valence-corrected chi connectivity index (χ1v) is 6.32. The van der Waals surface area contributed by atoms with Crippen molar-refractivity contribution in [3.8, 4) is 0 Å². The first-order valence-electron chi connectivity index (χ1n) is 6.32. The smallest absolute Gasteiger partial charge is 0.305 e. The van der Waals surface area contributed by atoms with E-state index in [1.54, 1.807) is 23.9 Å². The van der Waals surface area contributed by atoms with E-state index in [-0.39, 0.29) is 12.2 Å². The zero-order valence-corrected chi connectivity index (χ0v) is 11.4. The Hall–Kier alpha value is -2.47. The number of carboxylic acids is 1. The van der Waals surface area contributed by atoms with Gasteiger partial charge in [0.1, 0.15) is 5.82 Å². The number of aryl methyl sites for hydroxylation is 1. The topological polar surface area (TPSA) is 85.3 Å². The largest absolute Gasteiger partial charge is 0.481 e. The van der Waals surface area contributed by atoms with Crippen molar-refractivity contribution in [2.45, 2.75) is 12.5 Å². The summed E-state index contributed by atoms with van der Waals surface area (Å²) in [6.45, 7) is 0. The van der Waals surface area contributed by atoms with Gasteiger partial charge in [-0.25, -0.2) is 4.39 Å². The molecule has 0 bridgehead atoms. The number of ketones is 1. The van der Waals surface area contributed by atoms with Gasteiger partial charge in [0.15, 0.2) is 5.78 Å². The Morgan fingerprint density at radius 1 is 1.29 bits per heavy atom. The highest BCUT2D eigenvalue weighted by molar-refractivity contribution is 6.09. The Bertz CT molecular complexity index is 677. The molecule has 110 valence electrons.